The summed E-state index contributed by atoms with van der Waals surface area (Å²) in [4.78, 5) is 0. The average molecular weight is 206 g/mol. The fourth-order valence-electron chi connectivity index (χ4n) is 0.851. The van der Waals surface area contributed by atoms with E-state index in [9.17, 15) is 0 Å². The molecule has 0 spiro atoms. The van der Waals surface area contributed by atoms with E-state index in [1.807, 2.05) is 18.7 Å². The lowest BCUT2D eigenvalue weighted by Gasteiger charge is -2.03. The molecule has 0 heterocycles. The normalized spacial score (nSPS) is 9.83. The van der Waals surface area contributed by atoms with Crippen molar-refractivity contribution in [2.45, 2.75) is 33.1 Å². The molecule has 0 aromatic rings. The van der Waals surface area contributed by atoms with Crippen molar-refractivity contribution < 1.29 is 4.74 Å². The molecular weight excluding hydrogens is 188 g/mol. The van der Waals surface area contributed by atoms with Crippen LogP contribution in [-0.2, 0) is 4.74 Å². The van der Waals surface area contributed by atoms with Crippen LogP contribution < -0.4 is 0 Å². The molecule has 3 heteroatoms. The molecular formula is C9H18OS2. The summed E-state index contributed by atoms with van der Waals surface area (Å²) in [5.41, 5.74) is 0. The van der Waals surface area contributed by atoms with E-state index in [1.165, 1.54) is 24.3 Å². The Bertz CT molecular complexity index is 115. The third-order valence-electron chi connectivity index (χ3n) is 1.43. The summed E-state index contributed by atoms with van der Waals surface area (Å²) >= 11 is 6.99. The Balaban J connectivity index is 3.03. The second-order valence-electron chi connectivity index (χ2n) is 2.46. The van der Waals surface area contributed by atoms with Crippen LogP contribution in [0.25, 0.3) is 0 Å². The number of unbranched alkanes of at least 4 members (excludes halogenated alkanes) is 1. The van der Waals surface area contributed by atoms with Gasteiger partial charge in [0.25, 0.3) is 0 Å². The van der Waals surface area contributed by atoms with Gasteiger partial charge in [-0.05, 0) is 43.5 Å². The van der Waals surface area contributed by atoms with Gasteiger partial charge in [0.1, 0.15) is 0 Å². The number of rotatable bonds is 7. The summed E-state index contributed by atoms with van der Waals surface area (Å²) in [7, 11) is 0. The Morgan fingerprint density at radius 2 is 2.08 bits per heavy atom. The number of thiocarbonyl (C=S) groups is 1. The highest BCUT2D eigenvalue weighted by atomic mass is 32.2. The van der Waals surface area contributed by atoms with E-state index in [0.29, 0.717) is 6.61 Å². The number of hydrogen-bond donors (Lipinski definition) is 0. The fourth-order valence-corrected chi connectivity index (χ4v) is 1.81. The smallest absolute Gasteiger partial charge is 0.159 e. The highest BCUT2D eigenvalue weighted by Crippen LogP contribution is 2.06. The maximum atomic E-state index is 5.17. The van der Waals surface area contributed by atoms with E-state index in [1.54, 1.807) is 0 Å². The molecule has 0 saturated heterocycles. The lowest BCUT2D eigenvalue weighted by molar-refractivity contribution is 0.326. The first-order valence-electron chi connectivity index (χ1n) is 4.54. The molecule has 1 nitrogen and oxygen atoms in total. The highest BCUT2D eigenvalue weighted by Gasteiger charge is 1.95. The molecule has 72 valence electrons. The van der Waals surface area contributed by atoms with E-state index >= 15 is 0 Å². The second kappa shape index (κ2) is 9.33. The molecule has 0 fully saturated rings. The van der Waals surface area contributed by atoms with Gasteiger partial charge in [-0.3, -0.25) is 0 Å². The van der Waals surface area contributed by atoms with Crippen molar-refractivity contribution in [2.75, 3.05) is 18.1 Å². The first-order chi connectivity index (χ1) is 5.81. The zero-order chi connectivity index (χ0) is 9.23. The molecule has 0 amide bonds. The van der Waals surface area contributed by atoms with Gasteiger partial charge in [0.05, 0.1) is 6.61 Å². The van der Waals surface area contributed by atoms with E-state index in [0.717, 1.165) is 11.5 Å². The predicted molar refractivity (Wildman–Crippen MR) is 61.1 cm³/mol. The lowest BCUT2D eigenvalue weighted by atomic mass is 10.3. The topological polar surface area (TPSA) is 9.23 Å². The SMILES string of the molecule is CCOC(=S)CCCCSCC. The quantitative estimate of drug-likeness (QED) is 0.467. The molecule has 12 heavy (non-hydrogen) atoms. The molecule has 0 aromatic heterocycles. The van der Waals surface area contributed by atoms with Gasteiger partial charge in [0, 0.05) is 6.42 Å². The summed E-state index contributed by atoms with van der Waals surface area (Å²) < 4.78 is 5.17. The molecule has 0 bridgehead atoms. The summed E-state index contributed by atoms with van der Waals surface area (Å²) in [6, 6.07) is 0. The Morgan fingerprint density at radius 3 is 2.67 bits per heavy atom. The fraction of sp³-hybridized carbons (Fsp3) is 0.889. The molecule has 0 N–H and O–H groups in total. The largest absolute Gasteiger partial charge is 0.487 e. The van der Waals surface area contributed by atoms with Gasteiger partial charge in [0.15, 0.2) is 5.05 Å². The standard InChI is InChI=1S/C9H18OS2/c1-3-10-9(11)7-5-6-8-12-4-2/h3-8H2,1-2H3. The Kier molecular flexibility index (Phi) is 9.52. The highest BCUT2D eigenvalue weighted by molar-refractivity contribution is 7.99. The van der Waals surface area contributed by atoms with Crippen LogP contribution in [0.1, 0.15) is 33.1 Å². The van der Waals surface area contributed by atoms with E-state index in [2.05, 4.69) is 6.92 Å². The van der Waals surface area contributed by atoms with E-state index in [-0.39, 0.29) is 0 Å². The Morgan fingerprint density at radius 1 is 1.33 bits per heavy atom. The zero-order valence-corrected chi connectivity index (χ0v) is 9.60. The molecule has 0 aliphatic heterocycles. The summed E-state index contributed by atoms with van der Waals surface area (Å²) in [6.07, 6.45) is 3.38. The van der Waals surface area contributed by atoms with Crippen LogP contribution in [0.2, 0.25) is 0 Å². The summed E-state index contributed by atoms with van der Waals surface area (Å²) in [5, 5.41) is 0.777. The van der Waals surface area contributed by atoms with Gasteiger partial charge in [-0.25, -0.2) is 0 Å². The molecule has 0 atom stereocenters. The van der Waals surface area contributed by atoms with Gasteiger partial charge >= 0.3 is 0 Å². The van der Waals surface area contributed by atoms with Crippen LogP contribution >= 0.6 is 24.0 Å². The Labute approximate surface area is 85.3 Å². The van der Waals surface area contributed by atoms with Crippen molar-refractivity contribution in [2.24, 2.45) is 0 Å². The zero-order valence-electron chi connectivity index (χ0n) is 7.97. The number of ether oxygens (including phenoxy) is 1. The summed E-state index contributed by atoms with van der Waals surface area (Å²) in [5.74, 6) is 2.47. The maximum absolute atomic E-state index is 5.17. The summed E-state index contributed by atoms with van der Waals surface area (Å²) in [6.45, 7) is 4.87. The third-order valence-corrected chi connectivity index (χ3v) is 2.74. The molecule has 0 unspecified atom stereocenters. The minimum absolute atomic E-state index is 0.711. The van der Waals surface area contributed by atoms with Gasteiger partial charge in [0.2, 0.25) is 0 Å². The van der Waals surface area contributed by atoms with E-state index < -0.39 is 0 Å². The monoisotopic (exact) mass is 206 g/mol. The van der Waals surface area contributed by atoms with Crippen molar-refractivity contribution in [1.29, 1.82) is 0 Å². The minimum Gasteiger partial charge on any atom is -0.487 e. The van der Waals surface area contributed by atoms with Gasteiger partial charge in [-0.1, -0.05) is 6.92 Å². The Hall–Kier alpha value is 0.240. The van der Waals surface area contributed by atoms with Crippen LogP contribution in [0, 0.1) is 0 Å². The van der Waals surface area contributed by atoms with Crippen molar-refractivity contribution in [3.05, 3.63) is 0 Å². The lowest BCUT2D eigenvalue weighted by Crippen LogP contribution is -2.00. The van der Waals surface area contributed by atoms with Crippen LogP contribution in [0.15, 0.2) is 0 Å². The van der Waals surface area contributed by atoms with Gasteiger partial charge in [-0.15, -0.1) is 0 Å². The molecule has 0 rings (SSSR count). The van der Waals surface area contributed by atoms with Crippen LogP contribution in [0.5, 0.6) is 0 Å². The molecule has 0 aliphatic carbocycles. The van der Waals surface area contributed by atoms with Crippen molar-refractivity contribution in [3.63, 3.8) is 0 Å². The number of thioether (sulfide) groups is 1. The molecule has 0 radical (unpaired) electrons. The molecule has 0 aliphatic rings. The van der Waals surface area contributed by atoms with Crippen molar-refractivity contribution in [3.8, 4) is 0 Å². The first kappa shape index (κ1) is 12.2. The maximum Gasteiger partial charge on any atom is 0.159 e. The molecule has 0 saturated carbocycles. The van der Waals surface area contributed by atoms with Gasteiger partial charge in [-0.2, -0.15) is 11.8 Å². The van der Waals surface area contributed by atoms with Crippen LogP contribution in [0.4, 0.5) is 0 Å². The van der Waals surface area contributed by atoms with E-state index in [4.69, 9.17) is 17.0 Å². The predicted octanol–water partition coefficient (Wildman–Crippen LogP) is 3.27. The van der Waals surface area contributed by atoms with Crippen LogP contribution in [0.3, 0.4) is 0 Å². The molecule has 0 aromatic carbocycles. The second-order valence-corrected chi connectivity index (χ2v) is 4.31. The minimum atomic E-state index is 0.711. The van der Waals surface area contributed by atoms with Crippen molar-refractivity contribution in [1.82, 2.24) is 0 Å². The third kappa shape index (κ3) is 8.34. The van der Waals surface area contributed by atoms with Crippen molar-refractivity contribution >= 4 is 29.0 Å². The first-order valence-corrected chi connectivity index (χ1v) is 6.10. The number of hydrogen-bond acceptors (Lipinski definition) is 3. The van der Waals surface area contributed by atoms with Crippen LogP contribution in [-0.4, -0.2) is 23.2 Å². The average Bonchev–Trinajstić information content (AvgIpc) is 2.05. The van der Waals surface area contributed by atoms with Gasteiger partial charge < -0.3 is 4.74 Å².